The summed E-state index contributed by atoms with van der Waals surface area (Å²) >= 11 is 1.56. The summed E-state index contributed by atoms with van der Waals surface area (Å²) in [5.41, 5.74) is 4.33. The number of carbonyl (C=O) groups excluding carboxylic acids is 1. The lowest BCUT2D eigenvalue weighted by Gasteiger charge is -2.29. The fraction of sp³-hybridized carbons (Fsp3) is 0.440. The van der Waals surface area contributed by atoms with Crippen LogP contribution in [0.4, 0.5) is 5.13 Å². The van der Waals surface area contributed by atoms with Crippen molar-refractivity contribution in [3.8, 4) is 5.75 Å². The monoisotopic (exact) mass is 451 g/mol. The van der Waals surface area contributed by atoms with Crippen molar-refractivity contribution in [2.75, 3.05) is 51.4 Å². The number of nitrogens with zero attached hydrogens (tertiary/aromatic N) is 3. The van der Waals surface area contributed by atoms with E-state index >= 15 is 0 Å². The first-order valence-corrected chi connectivity index (χ1v) is 12.2. The second-order valence-electron chi connectivity index (χ2n) is 8.43. The maximum Gasteiger partial charge on any atom is 0.260 e. The van der Waals surface area contributed by atoms with Crippen LogP contribution in [0.3, 0.4) is 0 Å². The molecule has 6 nitrogen and oxygen atoms in total. The zero-order chi connectivity index (χ0) is 21.9. The molecule has 0 saturated carbocycles. The molecule has 1 amide bonds. The molecular weight excluding hydrogens is 422 g/mol. The molecule has 1 fully saturated rings. The SMILES string of the molecule is COc1ccc2sc(N(CCN3CCOCC3)C(=O)c3ccc4c(c3)CCCC4)nc2c1. The summed E-state index contributed by atoms with van der Waals surface area (Å²) in [4.78, 5) is 22.8. The van der Waals surface area contributed by atoms with Crippen LogP contribution in [0.15, 0.2) is 36.4 Å². The number of morpholine rings is 1. The Hall–Kier alpha value is -2.48. The lowest BCUT2D eigenvalue weighted by Crippen LogP contribution is -2.43. The number of hydrogen-bond donors (Lipinski definition) is 0. The van der Waals surface area contributed by atoms with E-state index in [-0.39, 0.29) is 5.91 Å². The Morgan fingerprint density at radius 2 is 1.94 bits per heavy atom. The Balaban J connectivity index is 1.45. The van der Waals surface area contributed by atoms with Gasteiger partial charge in [0.1, 0.15) is 5.75 Å². The number of benzene rings is 2. The summed E-state index contributed by atoms with van der Waals surface area (Å²) in [5.74, 6) is 0.799. The van der Waals surface area contributed by atoms with E-state index in [1.807, 2.05) is 29.2 Å². The van der Waals surface area contributed by atoms with E-state index in [4.69, 9.17) is 14.5 Å². The molecule has 3 aromatic rings. The Labute approximate surface area is 192 Å². The number of ether oxygens (including phenoxy) is 2. The predicted octanol–water partition coefficient (Wildman–Crippen LogP) is 4.16. The van der Waals surface area contributed by atoms with E-state index < -0.39 is 0 Å². The summed E-state index contributed by atoms with van der Waals surface area (Å²) in [5, 5.41) is 0.740. The maximum absolute atomic E-state index is 13.7. The summed E-state index contributed by atoms with van der Waals surface area (Å²) < 4.78 is 11.9. The van der Waals surface area contributed by atoms with E-state index in [1.54, 1.807) is 18.4 Å². The quantitative estimate of drug-likeness (QED) is 0.563. The molecule has 5 rings (SSSR count). The number of fused-ring (bicyclic) bond motifs is 2. The lowest BCUT2D eigenvalue weighted by atomic mass is 9.90. The number of thiazole rings is 1. The molecule has 32 heavy (non-hydrogen) atoms. The first-order valence-electron chi connectivity index (χ1n) is 11.4. The van der Waals surface area contributed by atoms with Gasteiger partial charge in [-0.2, -0.15) is 0 Å². The largest absolute Gasteiger partial charge is 0.497 e. The van der Waals surface area contributed by atoms with Gasteiger partial charge >= 0.3 is 0 Å². The number of carbonyl (C=O) groups is 1. The second kappa shape index (κ2) is 9.57. The highest BCUT2D eigenvalue weighted by Gasteiger charge is 2.24. The molecule has 2 heterocycles. The van der Waals surface area contributed by atoms with Gasteiger partial charge in [0.2, 0.25) is 0 Å². The van der Waals surface area contributed by atoms with Gasteiger partial charge in [-0.05, 0) is 61.1 Å². The van der Waals surface area contributed by atoms with Gasteiger partial charge in [-0.15, -0.1) is 0 Å². The minimum absolute atomic E-state index is 0.0256. The summed E-state index contributed by atoms with van der Waals surface area (Å²) in [6.45, 7) is 4.71. The number of methoxy groups -OCH3 is 1. The maximum atomic E-state index is 13.7. The third-order valence-corrected chi connectivity index (χ3v) is 7.46. The molecule has 7 heteroatoms. The zero-order valence-corrected chi connectivity index (χ0v) is 19.3. The van der Waals surface area contributed by atoms with Crippen molar-refractivity contribution in [2.24, 2.45) is 0 Å². The molecule has 2 aromatic carbocycles. The van der Waals surface area contributed by atoms with Gasteiger partial charge in [-0.25, -0.2) is 4.98 Å². The van der Waals surface area contributed by atoms with Gasteiger partial charge in [0.15, 0.2) is 5.13 Å². The average Bonchev–Trinajstić information content (AvgIpc) is 3.27. The van der Waals surface area contributed by atoms with E-state index in [1.165, 1.54) is 24.0 Å². The van der Waals surface area contributed by atoms with Gasteiger partial charge in [0, 0.05) is 37.8 Å². The highest BCUT2D eigenvalue weighted by Crippen LogP contribution is 2.32. The van der Waals surface area contributed by atoms with Crippen LogP contribution in [0.2, 0.25) is 0 Å². The van der Waals surface area contributed by atoms with Crippen LogP contribution in [-0.2, 0) is 17.6 Å². The Morgan fingerprint density at radius 3 is 2.75 bits per heavy atom. The van der Waals surface area contributed by atoms with Crippen LogP contribution in [0, 0.1) is 0 Å². The van der Waals surface area contributed by atoms with Crippen molar-refractivity contribution >= 4 is 32.6 Å². The van der Waals surface area contributed by atoms with E-state index in [2.05, 4.69) is 17.0 Å². The van der Waals surface area contributed by atoms with E-state index in [0.717, 1.165) is 72.4 Å². The standard InChI is InChI=1S/C25H29N3O3S/c1-30-21-8-9-23-22(17-21)26-25(32-23)28(11-10-27-12-14-31-15-13-27)24(29)20-7-6-18-4-2-3-5-19(18)16-20/h6-9,16-17H,2-5,10-15H2,1H3. The third kappa shape index (κ3) is 4.51. The molecule has 168 valence electrons. The molecule has 0 bridgehead atoms. The third-order valence-electron chi connectivity index (χ3n) is 6.40. The second-order valence-corrected chi connectivity index (χ2v) is 9.44. The topological polar surface area (TPSA) is 54.9 Å². The summed E-state index contributed by atoms with van der Waals surface area (Å²) in [7, 11) is 1.66. The molecule has 0 atom stereocenters. The molecule has 0 unspecified atom stereocenters. The molecule has 1 saturated heterocycles. The van der Waals surface area contributed by atoms with Crippen molar-refractivity contribution in [2.45, 2.75) is 25.7 Å². The molecule has 1 aliphatic carbocycles. The number of rotatable bonds is 6. The summed E-state index contributed by atoms with van der Waals surface area (Å²) in [6, 6.07) is 12.1. The molecular formula is C25H29N3O3S. The molecule has 0 spiro atoms. The highest BCUT2D eigenvalue weighted by molar-refractivity contribution is 7.22. The zero-order valence-electron chi connectivity index (χ0n) is 18.5. The Kier molecular flexibility index (Phi) is 6.39. The number of amides is 1. The van der Waals surface area contributed by atoms with Crippen molar-refractivity contribution in [1.29, 1.82) is 0 Å². The van der Waals surface area contributed by atoms with Crippen LogP contribution < -0.4 is 9.64 Å². The molecule has 1 aliphatic heterocycles. The molecule has 0 radical (unpaired) electrons. The lowest BCUT2D eigenvalue weighted by molar-refractivity contribution is 0.0391. The normalized spacial score (nSPS) is 16.7. The Morgan fingerprint density at radius 1 is 1.12 bits per heavy atom. The minimum atomic E-state index is 0.0256. The highest BCUT2D eigenvalue weighted by atomic mass is 32.1. The fourth-order valence-corrected chi connectivity index (χ4v) is 5.48. The smallest absolute Gasteiger partial charge is 0.260 e. The van der Waals surface area contributed by atoms with Gasteiger partial charge < -0.3 is 9.47 Å². The average molecular weight is 452 g/mol. The van der Waals surface area contributed by atoms with Crippen molar-refractivity contribution in [3.63, 3.8) is 0 Å². The molecule has 1 aromatic heterocycles. The molecule has 2 aliphatic rings. The first-order chi connectivity index (χ1) is 15.7. The summed E-state index contributed by atoms with van der Waals surface area (Å²) in [6.07, 6.45) is 4.61. The van der Waals surface area contributed by atoms with Crippen LogP contribution in [0.25, 0.3) is 10.2 Å². The van der Waals surface area contributed by atoms with Crippen LogP contribution in [-0.4, -0.2) is 62.3 Å². The van der Waals surface area contributed by atoms with Gasteiger partial charge in [0.25, 0.3) is 5.91 Å². The van der Waals surface area contributed by atoms with E-state index in [9.17, 15) is 4.79 Å². The van der Waals surface area contributed by atoms with Gasteiger partial charge in [-0.1, -0.05) is 17.4 Å². The number of hydrogen-bond acceptors (Lipinski definition) is 6. The Bertz CT molecular complexity index is 1110. The van der Waals surface area contributed by atoms with Crippen molar-refractivity contribution in [1.82, 2.24) is 9.88 Å². The van der Waals surface area contributed by atoms with Crippen LogP contribution >= 0.6 is 11.3 Å². The van der Waals surface area contributed by atoms with Crippen molar-refractivity contribution in [3.05, 3.63) is 53.1 Å². The first kappa shape index (κ1) is 21.4. The van der Waals surface area contributed by atoms with Gasteiger partial charge in [-0.3, -0.25) is 14.6 Å². The predicted molar refractivity (Wildman–Crippen MR) is 128 cm³/mol. The van der Waals surface area contributed by atoms with E-state index in [0.29, 0.717) is 6.54 Å². The van der Waals surface area contributed by atoms with Crippen LogP contribution in [0.1, 0.15) is 34.3 Å². The number of anilines is 1. The minimum Gasteiger partial charge on any atom is -0.497 e. The fourth-order valence-electron chi connectivity index (χ4n) is 4.51. The van der Waals surface area contributed by atoms with Crippen molar-refractivity contribution < 1.29 is 14.3 Å². The van der Waals surface area contributed by atoms with Gasteiger partial charge in [0.05, 0.1) is 30.5 Å². The number of aromatic nitrogens is 1. The molecule has 0 N–H and O–H groups in total. The van der Waals surface area contributed by atoms with Crippen LogP contribution in [0.5, 0.6) is 5.75 Å². The number of aryl methyl sites for hydroxylation is 2.